The van der Waals surface area contributed by atoms with Gasteiger partial charge in [0.2, 0.25) is 0 Å². The maximum absolute atomic E-state index is 8.94. The lowest BCUT2D eigenvalue weighted by Crippen LogP contribution is -2.11. The van der Waals surface area contributed by atoms with Crippen LogP contribution in [0.3, 0.4) is 0 Å². The molecule has 0 aromatic rings. The molecule has 0 saturated heterocycles. The molecule has 0 radical (unpaired) electrons. The van der Waals surface area contributed by atoms with Gasteiger partial charge in [0.15, 0.2) is 0 Å². The lowest BCUT2D eigenvalue weighted by Gasteiger charge is -2.22. The van der Waals surface area contributed by atoms with Gasteiger partial charge in [-0.3, -0.25) is 0 Å². The van der Waals surface area contributed by atoms with Gasteiger partial charge in [-0.05, 0) is 36.7 Å². The summed E-state index contributed by atoms with van der Waals surface area (Å²) in [6, 6.07) is 0. The summed E-state index contributed by atoms with van der Waals surface area (Å²) in [6.07, 6.45) is 10.3. The lowest BCUT2D eigenvalue weighted by atomic mass is 9.83. The summed E-state index contributed by atoms with van der Waals surface area (Å²) >= 11 is 0. The lowest BCUT2D eigenvalue weighted by molar-refractivity contribution is 0.288. The third-order valence-corrected chi connectivity index (χ3v) is 3.29. The molecule has 0 aromatic carbocycles. The molecule has 1 saturated carbocycles. The molecular formula is C10H16O. The second-order valence-corrected chi connectivity index (χ2v) is 4.11. The van der Waals surface area contributed by atoms with Crippen LogP contribution in [0.25, 0.3) is 0 Å². The van der Waals surface area contributed by atoms with E-state index >= 15 is 0 Å². The van der Waals surface area contributed by atoms with Gasteiger partial charge in [0, 0.05) is 0 Å². The van der Waals surface area contributed by atoms with E-state index in [1.54, 1.807) is 0 Å². The third-order valence-electron chi connectivity index (χ3n) is 3.29. The van der Waals surface area contributed by atoms with E-state index in [0.29, 0.717) is 12.0 Å². The highest BCUT2D eigenvalue weighted by molar-refractivity contribution is 5.16. The predicted octanol–water partition coefficient (Wildman–Crippen LogP) is 2.26. The van der Waals surface area contributed by atoms with E-state index in [4.69, 9.17) is 5.11 Å². The number of allylic oxidation sites excluding steroid dienone is 1. The molecule has 2 aliphatic rings. The summed E-state index contributed by atoms with van der Waals surface area (Å²) in [5.74, 6) is 0. The van der Waals surface area contributed by atoms with Crippen molar-refractivity contribution in [3.8, 4) is 0 Å². The van der Waals surface area contributed by atoms with Gasteiger partial charge in [0.05, 0.1) is 6.61 Å². The summed E-state index contributed by atoms with van der Waals surface area (Å²) in [7, 11) is 0. The van der Waals surface area contributed by atoms with E-state index in [2.05, 4.69) is 6.08 Å². The first-order valence-electron chi connectivity index (χ1n) is 4.63. The fraction of sp³-hybridized carbons (Fsp3) is 0.800. The second kappa shape index (κ2) is 2.63. The van der Waals surface area contributed by atoms with Crippen LogP contribution in [-0.4, -0.2) is 11.7 Å². The molecule has 11 heavy (non-hydrogen) atoms. The highest BCUT2D eigenvalue weighted by Gasteiger charge is 2.36. The van der Waals surface area contributed by atoms with Crippen molar-refractivity contribution in [1.29, 1.82) is 0 Å². The van der Waals surface area contributed by atoms with Crippen LogP contribution in [0.1, 0.15) is 38.5 Å². The minimum absolute atomic E-state index is 0.293. The fourth-order valence-electron chi connectivity index (χ4n) is 2.61. The van der Waals surface area contributed by atoms with Gasteiger partial charge in [0.1, 0.15) is 0 Å². The molecule has 1 nitrogen and oxygen atoms in total. The van der Waals surface area contributed by atoms with Crippen molar-refractivity contribution in [2.24, 2.45) is 5.41 Å². The Bertz CT molecular complexity index is 175. The summed E-state index contributed by atoms with van der Waals surface area (Å²) in [4.78, 5) is 0. The maximum Gasteiger partial charge on any atom is 0.0641 e. The van der Waals surface area contributed by atoms with Gasteiger partial charge in [0.25, 0.3) is 0 Å². The van der Waals surface area contributed by atoms with Crippen molar-refractivity contribution in [2.45, 2.75) is 38.5 Å². The highest BCUT2D eigenvalue weighted by Crippen LogP contribution is 2.49. The number of hydrogen-bond donors (Lipinski definition) is 1. The standard InChI is InChI=1S/C10H16O/c11-8-9-3-6-10(7-9)4-1-2-5-10/h3,11H,1-2,4-8H2. The average molecular weight is 152 g/mol. The second-order valence-electron chi connectivity index (χ2n) is 4.11. The zero-order valence-electron chi connectivity index (χ0n) is 6.97. The first-order valence-corrected chi connectivity index (χ1v) is 4.63. The van der Waals surface area contributed by atoms with Gasteiger partial charge in [-0.15, -0.1) is 0 Å². The number of hydrogen-bond acceptors (Lipinski definition) is 1. The molecule has 0 aliphatic heterocycles. The number of aliphatic hydroxyl groups excluding tert-OH is 1. The Balaban J connectivity index is 2.01. The molecule has 0 atom stereocenters. The first-order chi connectivity index (χ1) is 5.35. The summed E-state index contributed by atoms with van der Waals surface area (Å²) in [5.41, 5.74) is 1.89. The van der Waals surface area contributed by atoms with Gasteiger partial charge in [-0.25, -0.2) is 0 Å². The molecular weight excluding hydrogens is 136 g/mol. The Kier molecular flexibility index (Phi) is 1.76. The maximum atomic E-state index is 8.94. The van der Waals surface area contributed by atoms with Crippen molar-refractivity contribution in [3.05, 3.63) is 11.6 Å². The van der Waals surface area contributed by atoms with E-state index in [1.807, 2.05) is 0 Å². The molecule has 0 aromatic heterocycles. The average Bonchev–Trinajstić information content (AvgIpc) is 2.62. The van der Waals surface area contributed by atoms with Crippen LogP contribution in [0.5, 0.6) is 0 Å². The minimum atomic E-state index is 0.293. The van der Waals surface area contributed by atoms with E-state index in [0.717, 1.165) is 0 Å². The van der Waals surface area contributed by atoms with Gasteiger partial charge in [-0.2, -0.15) is 0 Å². The highest BCUT2D eigenvalue weighted by atomic mass is 16.3. The third kappa shape index (κ3) is 1.22. The van der Waals surface area contributed by atoms with Crippen molar-refractivity contribution in [1.82, 2.24) is 0 Å². The predicted molar refractivity (Wildman–Crippen MR) is 45.3 cm³/mol. The van der Waals surface area contributed by atoms with E-state index in [-0.39, 0.29) is 0 Å². The summed E-state index contributed by atoms with van der Waals surface area (Å²) < 4.78 is 0. The molecule has 2 rings (SSSR count). The Morgan fingerprint density at radius 2 is 2.09 bits per heavy atom. The molecule has 1 spiro atoms. The van der Waals surface area contributed by atoms with Crippen molar-refractivity contribution >= 4 is 0 Å². The van der Waals surface area contributed by atoms with Crippen LogP contribution in [0.2, 0.25) is 0 Å². The normalized spacial score (nSPS) is 27.9. The number of rotatable bonds is 1. The zero-order valence-corrected chi connectivity index (χ0v) is 6.97. The van der Waals surface area contributed by atoms with Crippen molar-refractivity contribution in [2.75, 3.05) is 6.61 Å². The van der Waals surface area contributed by atoms with Crippen LogP contribution in [0.4, 0.5) is 0 Å². The van der Waals surface area contributed by atoms with Crippen molar-refractivity contribution < 1.29 is 5.11 Å². The smallest absolute Gasteiger partial charge is 0.0641 e. The number of aliphatic hydroxyl groups is 1. The Labute approximate surface area is 68.1 Å². The fourth-order valence-corrected chi connectivity index (χ4v) is 2.61. The molecule has 1 heteroatoms. The molecule has 62 valence electrons. The van der Waals surface area contributed by atoms with Crippen LogP contribution >= 0.6 is 0 Å². The topological polar surface area (TPSA) is 20.2 Å². The molecule has 0 unspecified atom stereocenters. The minimum Gasteiger partial charge on any atom is -0.392 e. The molecule has 0 amide bonds. The van der Waals surface area contributed by atoms with Crippen LogP contribution < -0.4 is 0 Å². The van der Waals surface area contributed by atoms with Gasteiger partial charge in [-0.1, -0.05) is 18.9 Å². The monoisotopic (exact) mass is 152 g/mol. The van der Waals surface area contributed by atoms with Crippen LogP contribution in [0.15, 0.2) is 11.6 Å². The summed E-state index contributed by atoms with van der Waals surface area (Å²) in [5, 5.41) is 8.94. The van der Waals surface area contributed by atoms with E-state index in [1.165, 1.54) is 44.1 Å². The van der Waals surface area contributed by atoms with Crippen LogP contribution in [-0.2, 0) is 0 Å². The van der Waals surface area contributed by atoms with Gasteiger partial charge < -0.3 is 5.11 Å². The molecule has 0 heterocycles. The van der Waals surface area contributed by atoms with E-state index in [9.17, 15) is 0 Å². The Hall–Kier alpha value is -0.300. The Morgan fingerprint density at radius 3 is 2.64 bits per heavy atom. The van der Waals surface area contributed by atoms with E-state index < -0.39 is 0 Å². The first kappa shape index (κ1) is 7.35. The molecule has 1 fully saturated rings. The zero-order chi connectivity index (χ0) is 7.73. The van der Waals surface area contributed by atoms with Crippen LogP contribution in [0, 0.1) is 5.41 Å². The Morgan fingerprint density at radius 1 is 1.36 bits per heavy atom. The molecule has 1 N–H and O–H groups in total. The summed E-state index contributed by atoms with van der Waals surface area (Å²) in [6.45, 7) is 0.293. The SMILES string of the molecule is OCC1=CCC2(CCCC2)C1. The molecule has 0 bridgehead atoms. The van der Waals surface area contributed by atoms with Crippen molar-refractivity contribution in [3.63, 3.8) is 0 Å². The quantitative estimate of drug-likeness (QED) is 0.571. The largest absolute Gasteiger partial charge is 0.392 e. The molecule has 2 aliphatic carbocycles. The van der Waals surface area contributed by atoms with Gasteiger partial charge >= 0.3 is 0 Å².